The van der Waals surface area contributed by atoms with Gasteiger partial charge in [-0.1, -0.05) is 36.9 Å². The molecule has 4 aliphatic carbocycles. The molecule has 0 aliphatic heterocycles. The lowest BCUT2D eigenvalue weighted by Gasteiger charge is -2.62. The normalized spacial score (nSPS) is 41.9. The highest BCUT2D eigenvalue weighted by Crippen LogP contribution is 2.64. The van der Waals surface area contributed by atoms with Gasteiger partial charge in [0, 0.05) is 5.41 Å². The van der Waals surface area contributed by atoms with Crippen molar-refractivity contribution in [2.75, 3.05) is 6.61 Å². The molecule has 4 aliphatic rings. The van der Waals surface area contributed by atoms with Gasteiger partial charge in [0.25, 0.3) is 0 Å². The summed E-state index contributed by atoms with van der Waals surface area (Å²) in [4.78, 5) is 0. The summed E-state index contributed by atoms with van der Waals surface area (Å²) in [5.74, 6) is 3.31. The zero-order chi connectivity index (χ0) is 13.7. The predicted octanol–water partition coefficient (Wildman–Crippen LogP) is 3.93. The van der Waals surface area contributed by atoms with Crippen molar-refractivity contribution in [3.05, 3.63) is 48.0 Å². The van der Waals surface area contributed by atoms with Gasteiger partial charge in [-0.05, 0) is 66.9 Å². The Kier molecular flexibility index (Phi) is 2.82. The van der Waals surface area contributed by atoms with E-state index in [1.54, 1.807) is 0 Å². The van der Waals surface area contributed by atoms with Crippen LogP contribution < -0.4 is 0 Å². The molecule has 5 rings (SSSR count). The molecule has 0 amide bonds. The fraction of sp³-hybridized carbons (Fsp3) is 0.579. The van der Waals surface area contributed by atoms with E-state index in [4.69, 9.17) is 0 Å². The molecule has 1 aromatic carbocycles. The lowest BCUT2D eigenvalue weighted by molar-refractivity contribution is -0.0469. The van der Waals surface area contributed by atoms with Crippen LogP contribution in [0.4, 0.5) is 0 Å². The predicted molar refractivity (Wildman–Crippen MR) is 81.4 cm³/mol. The summed E-state index contributed by atoms with van der Waals surface area (Å²) in [7, 11) is 0. The molecule has 0 aromatic heterocycles. The van der Waals surface area contributed by atoms with Crippen molar-refractivity contribution in [1.82, 2.24) is 0 Å². The first-order chi connectivity index (χ1) is 9.75. The van der Waals surface area contributed by atoms with Crippen molar-refractivity contribution in [1.29, 1.82) is 0 Å². The third-order valence-electron chi connectivity index (χ3n) is 6.45. The van der Waals surface area contributed by atoms with Crippen molar-refractivity contribution in [2.24, 2.45) is 23.7 Å². The van der Waals surface area contributed by atoms with Crippen molar-refractivity contribution < 1.29 is 5.11 Å². The van der Waals surface area contributed by atoms with Crippen LogP contribution in [0, 0.1) is 23.7 Å². The molecule has 4 saturated carbocycles. The molecule has 4 fully saturated rings. The van der Waals surface area contributed by atoms with Crippen LogP contribution in [0.15, 0.2) is 42.5 Å². The van der Waals surface area contributed by atoms with Crippen LogP contribution in [-0.4, -0.2) is 11.7 Å². The number of aliphatic hydroxyl groups is 1. The molecule has 0 atom stereocenters. The first-order valence-corrected chi connectivity index (χ1v) is 8.09. The molecule has 20 heavy (non-hydrogen) atoms. The number of hydrogen-bond donors (Lipinski definition) is 1. The van der Waals surface area contributed by atoms with E-state index in [1.165, 1.54) is 37.7 Å². The van der Waals surface area contributed by atoms with Gasteiger partial charge in [-0.2, -0.15) is 0 Å². The Labute approximate surface area is 121 Å². The molecule has 0 radical (unpaired) electrons. The second kappa shape index (κ2) is 4.46. The highest BCUT2D eigenvalue weighted by Gasteiger charge is 2.58. The van der Waals surface area contributed by atoms with E-state index in [-0.39, 0.29) is 12.0 Å². The zero-order valence-electron chi connectivity index (χ0n) is 12.1. The monoisotopic (exact) mass is 268 g/mol. The van der Waals surface area contributed by atoms with E-state index in [9.17, 15) is 5.11 Å². The maximum atomic E-state index is 9.85. The van der Waals surface area contributed by atoms with Gasteiger partial charge < -0.3 is 5.11 Å². The van der Waals surface area contributed by atoms with Crippen molar-refractivity contribution in [2.45, 2.75) is 37.5 Å². The molecule has 1 N–H and O–H groups in total. The van der Waals surface area contributed by atoms with E-state index < -0.39 is 0 Å². The quantitative estimate of drug-likeness (QED) is 0.824. The fourth-order valence-corrected chi connectivity index (χ4v) is 6.03. The Morgan fingerprint density at radius 2 is 1.55 bits per heavy atom. The number of rotatable bonds is 3. The average molecular weight is 268 g/mol. The van der Waals surface area contributed by atoms with Gasteiger partial charge in [0.05, 0.1) is 6.61 Å². The second-order valence-corrected chi connectivity index (χ2v) is 7.30. The standard InChI is InChI=1S/C19H24O/c1-13(12-20)19(16-5-3-2-4-6-16)17-8-14-7-15(10-17)11-18(19)9-14/h2-6,14-15,17-18,20H,1,7-12H2. The minimum Gasteiger partial charge on any atom is -0.392 e. The summed E-state index contributed by atoms with van der Waals surface area (Å²) in [6.07, 6.45) is 6.85. The molecule has 106 valence electrons. The first-order valence-electron chi connectivity index (χ1n) is 8.09. The fourth-order valence-electron chi connectivity index (χ4n) is 6.03. The molecule has 4 bridgehead atoms. The molecule has 0 unspecified atom stereocenters. The Bertz CT molecular complexity index is 488. The summed E-state index contributed by atoms with van der Waals surface area (Å²) in [6, 6.07) is 10.9. The summed E-state index contributed by atoms with van der Waals surface area (Å²) in [6.45, 7) is 4.45. The Balaban J connectivity index is 1.86. The molecule has 1 aromatic rings. The number of aliphatic hydroxyl groups excluding tert-OH is 1. The summed E-state index contributed by atoms with van der Waals surface area (Å²) >= 11 is 0. The highest BCUT2D eigenvalue weighted by molar-refractivity contribution is 5.40. The van der Waals surface area contributed by atoms with Gasteiger partial charge in [0.2, 0.25) is 0 Å². The molecular formula is C19H24O. The Hall–Kier alpha value is -1.08. The molecule has 1 nitrogen and oxygen atoms in total. The molecule has 0 saturated heterocycles. The minimum atomic E-state index is 0.0590. The first kappa shape index (κ1) is 12.6. The van der Waals surface area contributed by atoms with Crippen LogP contribution in [0.1, 0.15) is 37.7 Å². The van der Waals surface area contributed by atoms with Gasteiger partial charge >= 0.3 is 0 Å². The summed E-state index contributed by atoms with van der Waals surface area (Å²) in [5, 5.41) is 9.85. The van der Waals surface area contributed by atoms with Crippen LogP contribution >= 0.6 is 0 Å². The summed E-state index contributed by atoms with van der Waals surface area (Å²) in [5.41, 5.74) is 2.54. The van der Waals surface area contributed by atoms with Crippen LogP contribution in [0.3, 0.4) is 0 Å². The lowest BCUT2D eigenvalue weighted by Crippen LogP contribution is -2.56. The number of benzene rings is 1. The molecular weight excluding hydrogens is 244 g/mol. The van der Waals surface area contributed by atoms with Crippen LogP contribution in [0.2, 0.25) is 0 Å². The topological polar surface area (TPSA) is 20.2 Å². The van der Waals surface area contributed by atoms with Gasteiger partial charge in [0.15, 0.2) is 0 Å². The third-order valence-corrected chi connectivity index (χ3v) is 6.45. The lowest BCUT2D eigenvalue weighted by atomic mass is 9.42. The molecule has 0 heterocycles. The minimum absolute atomic E-state index is 0.0590. The number of hydrogen-bond acceptors (Lipinski definition) is 1. The highest BCUT2D eigenvalue weighted by atomic mass is 16.3. The van der Waals surface area contributed by atoms with Crippen LogP contribution in [0.5, 0.6) is 0 Å². The van der Waals surface area contributed by atoms with Crippen molar-refractivity contribution >= 4 is 0 Å². The Morgan fingerprint density at radius 3 is 2.05 bits per heavy atom. The van der Waals surface area contributed by atoms with Crippen LogP contribution in [-0.2, 0) is 5.41 Å². The Morgan fingerprint density at radius 1 is 1.00 bits per heavy atom. The van der Waals surface area contributed by atoms with Crippen molar-refractivity contribution in [3.8, 4) is 0 Å². The van der Waals surface area contributed by atoms with E-state index in [1.807, 2.05) is 0 Å². The van der Waals surface area contributed by atoms with E-state index in [0.717, 1.165) is 17.4 Å². The van der Waals surface area contributed by atoms with Gasteiger partial charge in [-0.25, -0.2) is 0 Å². The molecule has 0 spiro atoms. The third kappa shape index (κ3) is 1.53. The molecule has 1 heteroatoms. The SMILES string of the molecule is C=C(CO)C1(c2ccccc2)C2CC3CC(C2)CC1C3. The van der Waals surface area contributed by atoms with Gasteiger partial charge in [-0.3, -0.25) is 0 Å². The smallest absolute Gasteiger partial charge is 0.0648 e. The maximum absolute atomic E-state index is 9.85. The van der Waals surface area contributed by atoms with E-state index >= 15 is 0 Å². The second-order valence-electron chi connectivity index (χ2n) is 7.30. The van der Waals surface area contributed by atoms with Gasteiger partial charge in [0.1, 0.15) is 0 Å². The zero-order valence-corrected chi connectivity index (χ0v) is 12.1. The van der Waals surface area contributed by atoms with E-state index in [0.29, 0.717) is 11.8 Å². The van der Waals surface area contributed by atoms with E-state index in [2.05, 4.69) is 36.9 Å². The maximum Gasteiger partial charge on any atom is 0.0648 e. The van der Waals surface area contributed by atoms with Gasteiger partial charge in [-0.15, -0.1) is 0 Å². The summed E-state index contributed by atoms with van der Waals surface area (Å²) < 4.78 is 0. The largest absolute Gasteiger partial charge is 0.392 e. The average Bonchev–Trinajstić information content (AvgIpc) is 2.47. The van der Waals surface area contributed by atoms with Crippen molar-refractivity contribution in [3.63, 3.8) is 0 Å². The van der Waals surface area contributed by atoms with Crippen LogP contribution in [0.25, 0.3) is 0 Å².